The highest BCUT2D eigenvalue weighted by atomic mass is 35.5. The number of H-pyrrole nitrogens is 1. The zero-order valence-electron chi connectivity index (χ0n) is 9.78. The van der Waals surface area contributed by atoms with E-state index in [1.54, 1.807) is 6.20 Å². The molecule has 4 heteroatoms. The lowest BCUT2D eigenvalue weighted by atomic mass is 10.0. The van der Waals surface area contributed by atoms with Crippen LogP contribution in [0, 0.1) is 5.82 Å². The Morgan fingerprint density at radius 2 is 1.89 bits per heavy atom. The molecule has 0 saturated heterocycles. The second-order valence-corrected chi connectivity index (χ2v) is 4.58. The average molecular weight is 274 g/mol. The molecule has 1 N–H and O–H groups in total. The van der Waals surface area contributed by atoms with Crippen LogP contribution in [0.15, 0.2) is 48.7 Å². The van der Waals surface area contributed by atoms with Crippen molar-refractivity contribution in [2.45, 2.75) is 0 Å². The number of aromatic nitrogens is 1. The molecule has 0 radical (unpaired) electrons. The van der Waals surface area contributed by atoms with Gasteiger partial charge in [0.15, 0.2) is 5.78 Å². The van der Waals surface area contributed by atoms with Gasteiger partial charge in [-0.05, 0) is 18.2 Å². The normalized spacial score (nSPS) is 10.8. The number of benzene rings is 2. The highest BCUT2D eigenvalue weighted by molar-refractivity contribution is 6.35. The molecule has 0 aliphatic carbocycles. The molecule has 1 aromatic heterocycles. The zero-order chi connectivity index (χ0) is 13.4. The van der Waals surface area contributed by atoms with Crippen LogP contribution in [-0.2, 0) is 0 Å². The van der Waals surface area contributed by atoms with Gasteiger partial charge in [-0.25, -0.2) is 4.39 Å². The maximum atomic E-state index is 13.8. The molecule has 0 amide bonds. The van der Waals surface area contributed by atoms with Crippen LogP contribution >= 0.6 is 11.6 Å². The van der Waals surface area contributed by atoms with E-state index in [1.165, 1.54) is 18.2 Å². The van der Waals surface area contributed by atoms with Crippen molar-refractivity contribution < 1.29 is 9.18 Å². The molecule has 0 fully saturated rings. The van der Waals surface area contributed by atoms with E-state index in [2.05, 4.69) is 4.98 Å². The van der Waals surface area contributed by atoms with Crippen LogP contribution in [0.1, 0.15) is 15.9 Å². The Morgan fingerprint density at radius 3 is 2.68 bits per heavy atom. The van der Waals surface area contributed by atoms with Gasteiger partial charge in [0.2, 0.25) is 0 Å². The minimum atomic E-state index is -0.609. The first-order valence-corrected chi connectivity index (χ1v) is 6.11. The summed E-state index contributed by atoms with van der Waals surface area (Å²) in [6.45, 7) is 0. The van der Waals surface area contributed by atoms with Gasteiger partial charge in [-0.1, -0.05) is 35.9 Å². The van der Waals surface area contributed by atoms with Crippen LogP contribution in [-0.4, -0.2) is 10.8 Å². The number of nitrogens with one attached hydrogen (secondary N) is 1. The fourth-order valence-electron chi connectivity index (χ4n) is 2.11. The third kappa shape index (κ3) is 1.92. The number of rotatable bonds is 2. The molecule has 19 heavy (non-hydrogen) atoms. The summed E-state index contributed by atoms with van der Waals surface area (Å²) in [5.41, 5.74) is 1.16. The number of aromatic amines is 1. The summed E-state index contributed by atoms with van der Waals surface area (Å²) >= 11 is 5.92. The summed E-state index contributed by atoms with van der Waals surface area (Å²) in [5.74, 6) is -1.02. The summed E-state index contributed by atoms with van der Waals surface area (Å²) in [6, 6.07) is 11.6. The minimum Gasteiger partial charge on any atom is -0.360 e. The third-order valence-corrected chi connectivity index (χ3v) is 3.34. The van der Waals surface area contributed by atoms with E-state index in [0.717, 1.165) is 10.9 Å². The number of fused-ring (bicyclic) bond motifs is 1. The molecule has 0 atom stereocenters. The Morgan fingerprint density at radius 1 is 1.11 bits per heavy atom. The standard InChI is InChI=1S/C15H9ClFNO/c16-11-5-3-6-12(17)14(11)15(19)10-8-18-13-7-2-1-4-9(10)13/h1-8,18H. The monoisotopic (exact) mass is 273 g/mol. The largest absolute Gasteiger partial charge is 0.360 e. The van der Waals surface area contributed by atoms with Crippen molar-refractivity contribution in [2.75, 3.05) is 0 Å². The first-order chi connectivity index (χ1) is 9.18. The molecular weight excluding hydrogens is 265 g/mol. The zero-order valence-corrected chi connectivity index (χ0v) is 10.5. The molecule has 0 aliphatic rings. The van der Waals surface area contributed by atoms with Gasteiger partial charge in [0.25, 0.3) is 0 Å². The van der Waals surface area contributed by atoms with Crippen LogP contribution in [0.3, 0.4) is 0 Å². The molecule has 3 rings (SSSR count). The lowest BCUT2D eigenvalue weighted by Crippen LogP contribution is -2.04. The van der Waals surface area contributed by atoms with E-state index < -0.39 is 11.6 Å². The smallest absolute Gasteiger partial charge is 0.199 e. The minimum absolute atomic E-state index is 0.0890. The molecule has 94 valence electrons. The Kier molecular flexibility index (Phi) is 2.84. The highest BCUT2D eigenvalue weighted by Gasteiger charge is 2.20. The molecule has 0 aliphatic heterocycles. The quantitative estimate of drug-likeness (QED) is 0.698. The van der Waals surface area contributed by atoms with E-state index in [4.69, 9.17) is 11.6 Å². The summed E-state index contributed by atoms with van der Waals surface area (Å²) < 4.78 is 13.8. The van der Waals surface area contributed by atoms with Gasteiger partial charge in [0, 0.05) is 22.7 Å². The van der Waals surface area contributed by atoms with Crippen LogP contribution in [0.4, 0.5) is 4.39 Å². The van der Waals surface area contributed by atoms with E-state index in [9.17, 15) is 9.18 Å². The molecule has 0 unspecified atom stereocenters. The SMILES string of the molecule is O=C(c1c(F)cccc1Cl)c1c[nH]c2ccccc12. The fourth-order valence-corrected chi connectivity index (χ4v) is 2.36. The Hall–Kier alpha value is -2.13. The van der Waals surface area contributed by atoms with Crippen molar-refractivity contribution in [3.8, 4) is 0 Å². The van der Waals surface area contributed by atoms with Crippen molar-refractivity contribution in [3.63, 3.8) is 0 Å². The lowest BCUT2D eigenvalue weighted by Gasteiger charge is -2.04. The predicted molar refractivity (Wildman–Crippen MR) is 73.1 cm³/mol. The third-order valence-electron chi connectivity index (χ3n) is 3.02. The highest BCUT2D eigenvalue weighted by Crippen LogP contribution is 2.26. The summed E-state index contributed by atoms with van der Waals surface area (Å²) in [5, 5.41) is 0.877. The maximum absolute atomic E-state index is 13.8. The number of carbonyl (C=O) groups is 1. The number of carbonyl (C=O) groups excluding carboxylic acids is 1. The summed E-state index contributed by atoms with van der Waals surface area (Å²) in [4.78, 5) is 15.4. The number of hydrogen-bond donors (Lipinski definition) is 1. The van der Waals surface area contributed by atoms with Crippen LogP contribution in [0.5, 0.6) is 0 Å². The number of ketones is 1. The van der Waals surface area contributed by atoms with Crippen molar-refractivity contribution in [2.24, 2.45) is 0 Å². The lowest BCUT2D eigenvalue weighted by molar-refractivity contribution is 0.103. The van der Waals surface area contributed by atoms with Crippen LogP contribution in [0.2, 0.25) is 5.02 Å². The van der Waals surface area contributed by atoms with E-state index >= 15 is 0 Å². The van der Waals surface area contributed by atoms with Gasteiger partial charge in [0.1, 0.15) is 5.82 Å². The van der Waals surface area contributed by atoms with Gasteiger partial charge in [-0.2, -0.15) is 0 Å². The first kappa shape index (κ1) is 11.9. The first-order valence-electron chi connectivity index (χ1n) is 5.73. The topological polar surface area (TPSA) is 32.9 Å². The fraction of sp³-hybridized carbons (Fsp3) is 0. The van der Waals surface area contributed by atoms with Crippen molar-refractivity contribution in [1.82, 2.24) is 4.98 Å². The Balaban J connectivity index is 2.20. The number of halogens is 2. The van der Waals surface area contributed by atoms with Gasteiger partial charge in [-0.15, -0.1) is 0 Å². The van der Waals surface area contributed by atoms with Crippen LogP contribution < -0.4 is 0 Å². The second kappa shape index (κ2) is 4.52. The van der Waals surface area contributed by atoms with Gasteiger partial charge in [-0.3, -0.25) is 4.79 Å². The van der Waals surface area contributed by atoms with Crippen molar-refractivity contribution >= 4 is 28.3 Å². The summed E-state index contributed by atoms with van der Waals surface area (Å²) in [6.07, 6.45) is 1.58. The number of hydrogen-bond acceptors (Lipinski definition) is 1. The molecule has 0 saturated carbocycles. The molecule has 2 aromatic carbocycles. The molecular formula is C15H9ClFNO. The van der Waals surface area contributed by atoms with E-state index in [-0.39, 0.29) is 10.6 Å². The summed E-state index contributed by atoms with van der Waals surface area (Å²) in [7, 11) is 0. The van der Waals surface area contributed by atoms with Gasteiger partial charge >= 0.3 is 0 Å². The average Bonchev–Trinajstić information content (AvgIpc) is 2.82. The van der Waals surface area contributed by atoms with Gasteiger partial charge in [0.05, 0.1) is 10.6 Å². The Bertz CT molecular complexity index is 758. The Labute approximate surface area is 113 Å². The van der Waals surface area contributed by atoms with Gasteiger partial charge < -0.3 is 4.98 Å². The van der Waals surface area contributed by atoms with Crippen molar-refractivity contribution in [3.05, 3.63) is 70.6 Å². The molecule has 2 nitrogen and oxygen atoms in total. The molecule has 1 heterocycles. The molecule has 0 spiro atoms. The molecule has 3 aromatic rings. The molecule has 0 bridgehead atoms. The van der Waals surface area contributed by atoms with Crippen molar-refractivity contribution in [1.29, 1.82) is 0 Å². The van der Waals surface area contributed by atoms with Crippen LogP contribution in [0.25, 0.3) is 10.9 Å². The predicted octanol–water partition coefficient (Wildman–Crippen LogP) is 4.19. The van der Waals surface area contributed by atoms with E-state index in [1.807, 2.05) is 24.3 Å². The number of para-hydroxylation sites is 1. The van der Waals surface area contributed by atoms with E-state index in [0.29, 0.717) is 5.56 Å². The second-order valence-electron chi connectivity index (χ2n) is 4.17. The maximum Gasteiger partial charge on any atom is 0.199 e.